The zero-order valence-corrected chi connectivity index (χ0v) is 11.9. The molecular weight excluding hydrogens is 274 g/mol. The lowest BCUT2D eigenvalue weighted by molar-refractivity contribution is -0.184. The van der Waals surface area contributed by atoms with Gasteiger partial charge in [0, 0.05) is 22.7 Å². The van der Waals surface area contributed by atoms with E-state index < -0.39 is 17.5 Å². The minimum Gasteiger partial charge on any atom is -0.463 e. The molecule has 0 spiro atoms. The smallest absolute Gasteiger partial charge is 0.355 e. The van der Waals surface area contributed by atoms with Gasteiger partial charge in [-0.2, -0.15) is 0 Å². The molecule has 0 aliphatic carbocycles. The van der Waals surface area contributed by atoms with Crippen molar-refractivity contribution in [3.63, 3.8) is 0 Å². The van der Waals surface area contributed by atoms with Crippen LogP contribution in [0.5, 0.6) is 0 Å². The number of carbonyl (C=O) groups is 2. The number of carbonyl (C=O) groups excluding carboxylic acids is 2. The minimum atomic E-state index is -2.48. The summed E-state index contributed by atoms with van der Waals surface area (Å²) >= 11 is 0. The first-order valence-corrected chi connectivity index (χ1v) is 6.69. The quantitative estimate of drug-likeness (QED) is 0.643. The molecule has 0 amide bonds. The molecule has 2 aromatic rings. The Balaban J connectivity index is 2.59. The lowest BCUT2D eigenvalue weighted by atomic mass is 9.93. The molecule has 0 aliphatic heterocycles. The van der Waals surface area contributed by atoms with Crippen LogP contribution in [0.15, 0.2) is 30.5 Å². The molecule has 0 bridgehead atoms. The monoisotopic (exact) mass is 291 g/mol. The Labute approximate surface area is 121 Å². The van der Waals surface area contributed by atoms with E-state index in [-0.39, 0.29) is 18.8 Å². The van der Waals surface area contributed by atoms with Crippen LogP contribution in [0.2, 0.25) is 0 Å². The average Bonchev–Trinajstić information content (AvgIpc) is 2.91. The summed E-state index contributed by atoms with van der Waals surface area (Å²) in [5, 5.41) is 11.3. The van der Waals surface area contributed by atoms with E-state index in [4.69, 9.17) is 9.47 Å². The third-order valence-electron chi connectivity index (χ3n) is 3.12. The Morgan fingerprint density at radius 1 is 1.14 bits per heavy atom. The first kappa shape index (κ1) is 15.1. The fourth-order valence-electron chi connectivity index (χ4n) is 2.15. The molecule has 1 aromatic carbocycles. The highest BCUT2D eigenvalue weighted by atomic mass is 16.6. The second kappa shape index (κ2) is 5.97. The molecule has 2 N–H and O–H groups in total. The van der Waals surface area contributed by atoms with E-state index in [1.807, 2.05) is 0 Å². The Morgan fingerprint density at radius 3 is 2.29 bits per heavy atom. The molecule has 0 atom stereocenters. The summed E-state index contributed by atoms with van der Waals surface area (Å²) in [5.41, 5.74) is -1.67. The number of ether oxygens (including phenoxy) is 2. The molecule has 1 aromatic heterocycles. The summed E-state index contributed by atoms with van der Waals surface area (Å²) in [6.07, 6.45) is 1.42. The van der Waals surface area contributed by atoms with E-state index in [0.29, 0.717) is 10.9 Å². The number of hydrogen-bond donors (Lipinski definition) is 2. The molecule has 6 nitrogen and oxygen atoms in total. The van der Waals surface area contributed by atoms with Gasteiger partial charge in [0.2, 0.25) is 0 Å². The lowest BCUT2D eigenvalue weighted by Gasteiger charge is -2.23. The molecule has 112 valence electrons. The summed E-state index contributed by atoms with van der Waals surface area (Å²) in [4.78, 5) is 27.2. The Kier molecular flexibility index (Phi) is 4.28. The number of aliphatic hydroxyl groups is 1. The van der Waals surface area contributed by atoms with Crippen LogP contribution < -0.4 is 0 Å². The summed E-state index contributed by atoms with van der Waals surface area (Å²) in [6.45, 7) is 3.28. The van der Waals surface area contributed by atoms with Gasteiger partial charge in [0.25, 0.3) is 5.60 Å². The van der Waals surface area contributed by atoms with Gasteiger partial charge in [-0.25, -0.2) is 9.59 Å². The number of nitrogens with one attached hydrogen (secondary N) is 1. The number of aromatic nitrogens is 1. The van der Waals surface area contributed by atoms with Crippen molar-refractivity contribution >= 4 is 22.8 Å². The van der Waals surface area contributed by atoms with Crippen LogP contribution in [0, 0.1) is 0 Å². The fourth-order valence-corrected chi connectivity index (χ4v) is 2.15. The second-order valence-electron chi connectivity index (χ2n) is 4.40. The van der Waals surface area contributed by atoms with Crippen LogP contribution in [-0.4, -0.2) is 35.2 Å². The van der Waals surface area contributed by atoms with Crippen molar-refractivity contribution in [3.8, 4) is 0 Å². The number of esters is 2. The van der Waals surface area contributed by atoms with Crippen molar-refractivity contribution < 1.29 is 24.2 Å². The highest BCUT2D eigenvalue weighted by Gasteiger charge is 2.50. The molecule has 1 heterocycles. The lowest BCUT2D eigenvalue weighted by Crippen LogP contribution is -2.46. The highest BCUT2D eigenvalue weighted by molar-refractivity contribution is 6.07. The summed E-state index contributed by atoms with van der Waals surface area (Å²) in [5.74, 6) is -2.10. The molecule has 0 saturated carbocycles. The van der Waals surface area contributed by atoms with E-state index in [0.717, 1.165) is 0 Å². The molecule has 0 saturated heterocycles. The van der Waals surface area contributed by atoms with Gasteiger partial charge >= 0.3 is 11.9 Å². The van der Waals surface area contributed by atoms with Gasteiger partial charge in [0.05, 0.1) is 13.2 Å². The van der Waals surface area contributed by atoms with E-state index in [1.165, 1.54) is 6.20 Å². The number of fused-ring (bicyclic) bond motifs is 1. The van der Waals surface area contributed by atoms with Gasteiger partial charge in [-0.05, 0) is 19.9 Å². The van der Waals surface area contributed by atoms with Gasteiger partial charge in [-0.3, -0.25) is 0 Å². The van der Waals surface area contributed by atoms with Crippen LogP contribution in [-0.2, 0) is 24.7 Å². The topological polar surface area (TPSA) is 88.6 Å². The van der Waals surface area contributed by atoms with Crippen molar-refractivity contribution in [3.05, 3.63) is 36.0 Å². The Morgan fingerprint density at radius 2 is 1.71 bits per heavy atom. The Hall–Kier alpha value is -2.34. The first-order valence-electron chi connectivity index (χ1n) is 6.69. The molecule has 0 aliphatic rings. The van der Waals surface area contributed by atoms with Crippen molar-refractivity contribution in [2.24, 2.45) is 0 Å². The maximum Gasteiger partial charge on any atom is 0.355 e. The maximum atomic E-state index is 12.1. The number of aromatic amines is 1. The summed E-state index contributed by atoms with van der Waals surface area (Å²) < 4.78 is 9.69. The third kappa shape index (κ3) is 2.50. The van der Waals surface area contributed by atoms with E-state index in [1.54, 1.807) is 38.1 Å². The molecule has 6 heteroatoms. The van der Waals surface area contributed by atoms with Crippen molar-refractivity contribution in [1.29, 1.82) is 0 Å². The van der Waals surface area contributed by atoms with Crippen molar-refractivity contribution in [2.45, 2.75) is 19.4 Å². The molecule has 21 heavy (non-hydrogen) atoms. The Bertz CT molecular complexity index is 643. The molecule has 2 rings (SSSR count). The number of H-pyrrole nitrogens is 1. The summed E-state index contributed by atoms with van der Waals surface area (Å²) in [7, 11) is 0. The molecule has 0 unspecified atom stereocenters. The van der Waals surface area contributed by atoms with Gasteiger partial charge < -0.3 is 19.6 Å². The van der Waals surface area contributed by atoms with Gasteiger partial charge in [-0.1, -0.05) is 18.2 Å². The van der Waals surface area contributed by atoms with Gasteiger partial charge in [-0.15, -0.1) is 0 Å². The van der Waals surface area contributed by atoms with Crippen molar-refractivity contribution in [2.75, 3.05) is 13.2 Å². The van der Waals surface area contributed by atoms with Crippen LogP contribution in [0.1, 0.15) is 19.4 Å². The third-order valence-corrected chi connectivity index (χ3v) is 3.12. The SMILES string of the molecule is CCOC(=O)C(O)(C(=O)OCC)c1c[nH]c2ccccc12. The molecular formula is C15H17NO5. The van der Waals surface area contributed by atoms with Gasteiger partial charge in [0.15, 0.2) is 0 Å². The number of para-hydroxylation sites is 1. The zero-order chi connectivity index (χ0) is 15.5. The number of benzene rings is 1. The van der Waals surface area contributed by atoms with Crippen LogP contribution in [0.25, 0.3) is 10.9 Å². The predicted octanol–water partition coefficient (Wildman–Crippen LogP) is 1.48. The molecule has 0 radical (unpaired) electrons. The molecule has 0 fully saturated rings. The standard InChI is InChI=1S/C15H17NO5/c1-3-20-13(17)15(19,14(18)21-4-2)11-9-16-12-8-6-5-7-10(11)12/h5-9,16,19H,3-4H2,1-2H3. The zero-order valence-electron chi connectivity index (χ0n) is 11.9. The first-order chi connectivity index (χ1) is 10.1. The van der Waals surface area contributed by atoms with Crippen LogP contribution in [0.4, 0.5) is 0 Å². The largest absolute Gasteiger partial charge is 0.463 e. The second-order valence-corrected chi connectivity index (χ2v) is 4.40. The van der Waals surface area contributed by atoms with Crippen LogP contribution >= 0.6 is 0 Å². The van der Waals surface area contributed by atoms with E-state index in [2.05, 4.69) is 4.98 Å². The van der Waals surface area contributed by atoms with Crippen molar-refractivity contribution in [1.82, 2.24) is 4.98 Å². The minimum absolute atomic E-state index is 0.0445. The van der Waals surface area contributed by atoms with Crippen LogP contribution in [0.3, 0.4) is 0 Å². The normalized spacial score (nSPS) is 11.4. The fraction of sp³-hybridized carbons (Fsp3) is 0.333. The number of rotatable bonds is 5. The highest BCUT2D eigenvalue weighted by Crippen LogP contribution is 2.31. The average molecular weight is 291 g/mol. The predicted molar refractivity (Wildman–Crippen MR) is 75.5 cm³/mol. The maximum absolute atomic E-state index is 12.1. The number of hydrogen-bond acceptors (Lipinski definition) is 5. The summed E-state index contributed by atoms with van der Waals surface area (Å²) in [6, 6.07) is 7.02. The van der Waals surface area contributed by atoms with Gasteiger partial charge in [0.1, 0.15) is 0 Å². The van der Waals surface area contributed by atoms with E-state index >= 15 is 0 Å². The van der Waals surface area contributed by atoms with E-state index in [9.17, 15) is 14.7 Å².